The van der Waals surface area contributed by atoms with Gasteiger partial charge in [0, 0.05) is 31.6 Å². The number of benzene rings is 1. The average molecular weight is 344 g/mol. The zero-order valence-electron chi connectivity index (χ0n) is 13.8. The van der Waals surface area contributed by atoms with Crippen LogP contribution in [-0.4, -0.2) is 50.1 Å². The molecule has 2 aromatic rings. The molecule has 1 aromatic carbocycles. The maximum Gasteiger partial charge on any atom is 0.211 e. The topological polar surface area (TPSA) is 77.3 Å². The molecule has 3 rings (SSSR count). The minimum Gasteiger partial charge on any atom is -0.355 e. The third-order valence-electron chi connectivity index (χ3n) is 4.63. The molecule has 0 amide bonds. The number of sulfonamides is 1. The van der Waals surface area contributed by atoms with Crippen LogP contribution < -0.4 is 4.90 Å². The summed E-state index contributed by atoms with van der Waals surface area (Å²) in [5.74, 6) is 0.691. The predicted molar refractivity (Wildman–Crippen MR) is 94.3 cm³/mol. The van der Waals surface area contributed by atoms with Crippen LogP contribution in [0.25, 0.3) is 10.9 Å². The molecule has 1 aliphatic rings. The number of rotatable bonds is 3. The maximum absolute atomic E-state index is 11.7. The number of anilines is 1. The first-order valence-corrected chi connectivity index (χ1v) is 9.73. The molecule has 24 heavy (non-hydrogen) atoms. The molecule has 6 nitrogen and oxygen atoms in total. The SMILES string of the molecule is CN(C1CCN(c2nc3ccccc3cc2C#N)CC1)S(C)(=O)=O. The summed E-state index contributed by atoms with van der Waals surface area (Å²) in [5, 5.41) is 10.4. The highest BCUT2D eigenvalue weighted by atomic mass is 32.2. The van der Waals surface area contributed by atoms with Crippen LogP contribution in [0.15, 0.2) is 30.3 Å². The van der Waals surface area contributed by atoms with Gasteiger partial charge in [0.05, 0.1) is 17.3 Å². The number of pyridine rings is 1. The molecule has 1 aromatic heterocycles. The van der Waals surface area contributed by atoms with Gasteiger partial charge in [0.25, 0.3) is 0 Å². The Balaban J connectivity index is 1.84. The maximum atomic E-state index is 11.7. The normalized spacial score (nSPS) is 16.5. The Bertz CT molecular complexity index is 896. The minimum absolute atomic E-state index is 0.00208. The van der Waals surface area contributed by atoms with Gasteiger partial charge in [0.2, 0.25) is 10.0 Å². The fraction of sp³-hybridized carbons (Fsp3) is 0.412. The molecule has 1 aliphatic heterocycles. The van der Waals surface area contributed by atoms with Crippen LogP contribution in [0.3, 0.4) is 0 Å². The minimum atomic E-state index is -3.18. The molecule has 0 atom stereocenters. The number of piperidine rings is 1. The van der Waals surface area contributed by atoms with E-state index in [1.165, 1.54) is 10.6 Å². The largest absolute Gasteiger partial charge is 0.355 e. The van der Waals surface area contributed by atoms with E-state index < -0.39 is 10.0 Å². The molecule has 0 bridgehead atoms. The summed E-state index contributed by atoms with van der Waals surface area (Å²) in [6.07, 6.45) is 2.68. The first kappa shape index (κ1) is 16.7. The molecule has 1 saturated heterocycles. The van der Waals surface area contributed by atoms with Crippen LogP contribution in [-0.2, 0) is 10.0 Å². The van der Waals surface area contributed by atoms with Gasteiger partial charge in [0.1, 0.15) is 11.9 Å². The molecule has 1 fully saturated rings. The van der Waals surface area contributed by atoms with Crippen molar-refractivity contribution in [1.82, 2.24) is 9.29 Å². The molecule has 0 unspecified atom stereocenters. The van der Waals surface area contributed by atoms with Crippen molar-refractivity contribution in [1.29, 1.82) is 5.26 Å². The quantitative estimate of drug-likeness (QED) is 0.851. The molecule has 7 heteroatoms. The van der Waals surface area contributed by atoms with Crippen LogP contribution in [0.1, 0.15) is 18.4 Å². The van der Waals surface area contributed by atoms with E-state index >= 15 is 0 Å². The molecule has 0 aliphatic carbocycles. The Morgan fingerprint density at radius 3 is 2.58 bits per heavy atom. The summed E-state index contributed by atoms with van der Waals surface area (Å²) in [4.78, 5) is 6.74. The lowest BCUT2D eigenvalue weighted by Gasteiger charge is -2.36. The fourth-order valence-corrected chi connectivity index (χ4v) is 3.89. The first-order chi connectivity index (χ1) is 11.4. The van der Waals surface area contributed by atoms with Crippen LogP contribution in [0.4, 0.5) is 5.82 Å². The summed E-state index contributed by atoms with van der Waals surface area (Å²) in [7, 11) is -1.55. The molecular weight excluding hydrogens is 324 g/mol. The Morgan fingerprint density at radius 1 is 1.29 bits per heavy atom. The van der Waals surface area contributed by atoms with Gasteiger partial charge in [-0.1, -0.05) is 18.2 Å². The van der Waals surface area contributed by atoms with E-state index in [1.54, 1.807) is 7.05 Å². The van der Waals surface area contributed by atoms with Gasteiger partial charge in [-0.3, -0.25) is 0 Å². The van der Waals surface area contributed by atoms with Gasteiger partial charge in [-0.15, -0.1) is 0 Å². The molecule has 0 saturated carbocycles. The highest BCUT2D eigenvalue weighted by molar-refractivity contribution is 7.88. The molecular formula is C17H20N4O2S. The van der Waals surface area contributed by atoms with Gasteiger partial charge in [0.15, 0.2) is 0 Å². The van der Waals surface area contributed by atoms with E-state index in [-0.39, 0.29) is 6.04 Å². The fourth-order valence-electron chi connectivity index (χ4n) is 3.14. The van der Waals surface area contributed by atoms with Crippen molar-refractivity contribution in [2.75, 3.05) is 31.3 Å². The summed E-state index contributed by atoms with van der Waals surface area (Å²) in [6, 6.07) is 11.8. The van der Waals surface area contributed by atoms with Gasteiger partial charge in [-0.2, -0.15) is 5.26 Å². The average Bonchev–Trinajstić information content (AvgIpc) is 2.59. The molecule has 0 radical (unpaired) electrons. The van der Waals surface area contributed by atoms with Gasteiger partial charge < -0.3 is 4.90 Å². The summed E-state index contributed by atoms with van der Waals surface area (Å²) in [6.45, 7) is 1.37. The number of para-hydroxylation sites is 1. The van der Waals surface area contributed by atoms with E-state index in [4.69, 9.17) is 0 Å². The van der Waals surface area contributed by atoms with E-state index in [9.17, 15) is 13.7 Å². The number of hydrogen-bond donors (Lipinski definition) is 0. The highest BCUT2D eigenvalue weighted by Gasteiger charge is 2.28. The molecule has 0 N–H and O–H groups in total. The molecule has 0 spiro atoms. The molecule has 126 valence electrons. The summed E-state index contributed by atoms with van der Waals surface area (Å²) < 4.78 is 24.8. The van der Waals surface area contributed by atoms with Crippen LogP contribution in [0, 0.1) is 11.3 Å². The van der Waals surface area contributed by atoms with Crippen molar-refractivity contribution in [2.45, 2.75) is 18.9 Å². The third-order valence-corrected chi connectivity index (χ3v) is 5.97. The Kier molecular flexibility index (Phi) is 4.43. The van der Waals surface area contributed by atoms with E-state index in [0.717, 1.165) is 23.7 Å². The van der Waals surface area contributed by atoms with Crippen molar-refractivity contribution >= 4 is 26.7 Å². The van der Waals surface area contributed by atoms with Crippen molar-refractivity contribution in [3.05, 3.63) is 35.9 Å². The highest BCUT2D eigenvalue weighted by Crippen LogP contribution is 2.27. The van der Waals surface area contributed by atoms with E-state index in [2.05, 4.69) is 16.0 Å². The van der Waals surface area contributed by atoms with Crippen LogP contribution >= 0.6 is 0 Å². The first-order valence-electron chi connectivity index (χ1n) is 7.88. The van der Waals surface area contributed by atoms with Crippen molar-refractivity contribution in [2.24, 2.45) is 0 Å². The monoisotopic (exact) mass is 344 g/mol. The van der Waals surface area contributed by atoms with Crippen LogP contribution in [0.2, 0.25) is 0 Å². The third kappa shape index (κ3) is 3.21. The predicted octanol–water partition coefficient (Wildman–Crippen LogP) is 1.97. The number of fused-ring (bicyclic) bond motifs is 1. The second kappa shape index (κ2) is 6.38. The zero-order chi connectivity index (χ0) is 17.3. The van der Waals surface area contributed by atoms with Crippen LogP contribution in [0.5, 0.6) is 0 Å². The Morgan fingerprint density at radius 2 is 1.96 bits per heavy atom. The smallest absolute Gasteiger partial charge is 0.211 e. The van der Waals surface area contributed by atoms with Crippen molar-refractivity contribution < 1.29 is 8.42 Å². The van der Waals surface area contributed by atoms with Gasteiger partial charge in [-0.25, -0.2) is 17.7 Å². The lowest BCUT2D eigenvalue weighted by atomic mass is 10.0. The second-order valence-corrected chi connectivity index (χ2v) is 8.20. The second-order valence-electron chi connectivity index (χ2n) is 6.16. The lowest BCUT2D eigenvalue weighted by molar-refractivity contribution is 0.313. The standard InChI is InChI=1S/C17H20N4O2S/c1-20(24(2,22)23)15-7-9-21(10-8-15)17-14(12-18)11-13-5-3-4-6-16(13)19-17/h3-6,11,15H,7-10H2,1-2H3. The van der Waals surface area contributed by atoms with Crippen molar-refractivity contribution in [3.63, 3.8) is 0 Å². The van der Waals surface area contributed by atoms with E-state index in [0.29, 0.717) is 24.5 Å². The van der Waals surface area contributed by atoms with Crippen molar-refractivity contribution in [3.8, 4) is 6.07 Å². The number of hydrogen-bond acceptors (Lipinski definition) is 5. The summed E-state index contributed by atoms with van der Waals surface area (Å²) >= 11 is 0. The zero-order valence-corrected chi connectivity index (χ0v) is 14.6. The van der Waals surface area contributed by atoms with E-state index in [1.807, 2.05) is 30.3 Å². The Labute approximate surface area is 142 Å². The molecule has 2 heterocycles. The number of nitriles is 1. The van der Waals surface area contributed by atoms with Gasteiger partial charge in [-0.05, 0) is 25.0 Å². The lowest BCUT2D eigenvalue weighted by Crippen LogP contribution is -2.45. The Hall–Kier alpha value is -2.17. The number of nitrogens with zero attached hydrogens (tertiary/aromatic N) is 4. The summed E-state index contributed by atoms with van der Waals surface area (Å²) in [5.41, 5.74) is 1.42. The number of aromatic nitrogens is 1. The van der Waals surface area contributed by atoms with Gasteiger partial charge >= 0.3 is 0 Å².